The van der Waals surface area contributed by atoms with Gasteiger partial charge in [0.25, 0.3) is 0 Å². The van der Waals surface area contributed by atoms with E-state index >= 15 is 0 Å². The van der Waals surface area contributed by atoms with Gasteiger partial charge < -0.3 is 37.1 Å². The van der Waals surface area contributed by atoms with E-state index in [1.165, 1.54) is 4.90 Å². The molecule has 0 aliphatic heterocycles. The fraction of sp³-hybridized carbons (Fsp3) is 0.226. The van der Waals surface area contributed by atoms with E-state index in [-0.39, 0.29) is 18.8 Å². The molecule has 1 aromatic heterocycles. The molecule has 0 aliphatic carbocycles. The van der Waals surface area contributed by atoms with Gasteiger partial charge in [-0.2, -0.15) is 0 Å². The molecule has 0 fully saturated rings. The SMILES string of the molecule is N=C(N)NCCCC(N)C(=O)NC(Cc1c[nH]c2ccccc12)C(=O)C(C(=O)O)N(c1ccccc1)c1ccccc1. The summed E-state index contributed by atoms with van der Waals surface area (Å²) in [6, 6.07) is 21.3. The lowest BCUT2D eigenvalue weighted by molar-refractivity contribution is -0.143. The highest BCUT2D eigenvalue weighted by molar-refractivity contribution is 6.10. The highest BCUT2D eigenvalue weighted by Gasteiger charge is 2.39. The average molecular weight is 570 g/mol. The largest absolute Gasteiger partial charge is 0.479 e. The number of rotatable bonds is 14. The Bertz CT molecular complexity index is 1480. The third kappa shape index (κ3) is 7.32. The van der Waals surface area contributed by atoms with Crippen LogP contribution in [0, 0.1) is 5.41 Å². The molecular weight excluding hydrogens is 534 g/mol. The Morgan fingerprint density at radius 3 is 2.12 bits per heavy atom. The topological polar surface area (TPSA) is 190 Å². The van der Waals surface area contributed by atoms with Crippen molar-refractivity contribution in [3.05, 3.63) is 96.7 Å². The summed E-state index contributed by atoms with van der Waals surface area (Å²) in [4.78, 5) is 45.0. The molecule has 0 bridgehead atoms. The number of fused-ring (bicyclic) bond motifs is 1. The molecule has 3 atom stereocenters. The van der Waals surface area contributed by atoms with E-state index in [9.17, 15) is 19.5 Å². The maximum absolute atomic E-state index is 14.3. The monoisotopic (exact) mass is 569 g/mol. The van der Waals surface area contributed by atoms with Gasteiger partial charge in [-0.25, -0.2) is 4.79 Å². The number of H-pyrrole nitrogens is 1. The number of nitrogens with two attached hydrogens (primary N) is 2. The van der Waals surface area contributed by atoms with Crippen LogP contribution in [0.4, 0.5) is 11.4 Å². The number of amides is 1. The maximum atomic E-state index is 14.3. The second-order valence-electron chi connectivity index (χ2n) is 9.90. The third-order valence-electron chi connectivity index (χ3n) is 6.93. The van der Waals surface area contributed by atoms with Crippen LogP contribution in [0.3, 0.4) is 0 Å². The zero-order valence-corrected chi connectivity index (χ0v) is 23.0. The Labute approximate surface area is 243 Å². The number of aromatic amines is 1. The molecular formula is C31H35N7O4. The minimum absolute atomic E-state index is 0.0500. The first-order valence-corrected chi connectivity index (χ1v) is 13.6. The van der Waals surface area contributed by atoms with Crippen molar-refractivity contribution >= 4 is 45.9 Å². The second-order valence-corrected chi connectivity index (χ2v) is 9.90. The number of hydrogen-bond acceptors (Lipinski definition) is 6. The molecule has 9 N–H and O–H groups in total. The van der Waals surface area contributed by atoms with Gasteiger partial charge in [0.15, 0.2) is 17.8 Å². The minimum Gasteiger partial charge on any atom is -0.479 e. The van der Waals surface area contributed by atoms with Crippen LogP contribution >= 0.6 is 0 Å². The van der Waals surface area contributed by atoms with Crippen molar-refractivity contribution in [1.82, 2.24) is 15.6 Å². The fourth-order valence-electron chi connectivity index (χ4n) is 4.87. The number of guanidine groups is 1. The first kappa shape index (κ1) is 29.8. The van der Waals surface area contributed by atoms with E-state index < -0.39 is 35.8 Å². The first-order chi connectivity index (χ1) is 20.3. The van der Waals surface area contributed by atoms with Gasteiger partial charge in [0.1, 0.15) is 0 Å². The maximum Gasteiger partial charge on any atom is 0.334 e. The number of aliphatic carboxylic acids is 1. The number of Topliss-reactive ketones (excluding diaryl/α,β-unsaturated/α-hetero) is 1. The Morgan fingerprint density at radius 2 is 1.52 bits per heavy atom. The van der Waals surface area contributed by atoms with Crippen molar-refractivity contribution in [3.8, 4) is 0 Å². The van der Waals surface area contributed by atoms with Crippen LogP contribution in [0.25, 0.3) is 10.9 Å². The van der Waals surface area contributed by atoms with Gasteiger partial charge in [0.2, 0.25) is 5.91 Å². The number of carbonyl (C=O) groups excluding carboxylic acids is 2. The standard InChI is InChI=1S/C31H35N7O4/c32-24(15-9-17-35-31(33)34)29(40)37-26(18-20-19-36-25-16-8-7-14-23(20)25)28(39)27(30(41)42)38(21-10-3-1-4-11-21)22-12-5-2-6-13-22/h1-8,10-14,16,19,24,26-27,36H,9,15,17-18,32H2,(H,37,40)(H,41,42)(H4,33,34,35). The molecule has 11 heteroatoms. The Kier molecular flexibility index (Phi) is 9.90. The van der Waals surface area contributed by atoms with Crippen LogP contribution in [0.15, 0.2) is 91.1 Å². The smallest absolute Gasteiger partial charge is 0.334 e. The molecule has 0 saturated heterocycles. The number of carbonyl (C=O) groups is 3. The average Bonchev–Trinajstić information content (AvgIpc) is 3.40. The summed E-state index contributed by atoms with van der Waals surface area (Å²) >= 11 is 0. The van der Waals surface area contributed by atoms with Crippen LogP contribution < -0.4 is 27.0 Å². The molecule has 1 amide bonds. The van der Waals surface area contributed by atoms with Gasteiger partial charge >= 0.3 is 5.97 Å². The van der Waals surface area contributed by atoms with Crippen molar-refractivity contribution in [3.63, 3.8) is 0 Å². The summed E-state index contributed by atoms with van der Waals surface area (Å²) in [7, 11) is 0. The molecule has 1 heterocycles. The molecule has 4 aromatic rings. The van der Waals surface area contributed by atoms with Crippen molar-refractivity contribution in [1.29, 1.82) is 5.41 Å². The zero-order valence-electron chi connectivity index (χ0n) is 23.0. The van der Waals surface area contributed by atoms with E-state index in [2.05, 4.69) is 15.6 Å². The summed E-state index contributed by atoms with van der Waals surface area (Å²) in [5.74, 6) is -2.81. The summed E-state index contributed by atoms with van der Waals surface area (Å²) < 4.78 is 0. The van der Waals surface area contributed by atoms with Crippen molar-refractivity contribution in [2.75, 3.05) is 11.4 Å². The highest BCUT2D eigenvalue weighted by atomic mass is 16.4. The lowest BCUT2D eigenvalue weighted by Gasteiger charge is -2.32. The van der Waals surface area contributed by atoms with E-state index in [0.29, 0.717) is 24.3 Å². The molecule has 0 aliphatic rings. The first-order valence-electron chi connectivity index (χ1n) is 13.6. The lowest BCUT2D eigenvalue weighted by atomic mass is 9.95. The number of carboxylic acids is 1. The molecule has 42 heavy (non-hydrogen) atoms. The van der Waals surface area contributed by atoms with E-state index in [0.717, 1.165) is 16.5 Å². The van der Waals surface area contributed by atoms with E-state index in [1.807, 2.05) is 24.3 Å². The Morgan fingerprint density at radius 1 is 0.929 bits per heavy atom. The predicted octanol–water partition coefficient (Wildman–Crippen LogP) is 2.65. The van der Waals surface area contributed by atoms with Crippen molar-refractivity contribution in [2.45, 2.75) is 37.4 Å². The second kappa shape index (κ2) is 14.0. The number of nitrogens with one attached hydrogen (secondary N) is 4. The minimum atomic E-state index is -1.65. The number of benzene rings is 3. The van der Waals surface area contributed by atoms with Gasteiger partial charge in [0, 0.05) is 41.4 Å². The van der Waals surface area contributed by atoms with Crippen molar-refractivity contribution in [2.24, 2.45) is 11.5 Å². The number of para-hydroxylation sites is 3. The molecule has 4 rings (SSSR count). The summed E-state index contributed by atoms with van der Waals surface area (Å²) in [6.07, 6.45) is 2.53. The van der Waals surface area contributed by atoms with Crippen LogP contribution in [0.1, 0.15) is 18.4 Å². The molecule has 0 saturated carbocycles. The number of hydrogen-bond donors (Lipinski definition) is 7. The normalized spacial score (nSPS) is 13.1. The molecule has 3 unspecified atom stereocenters. The van der Waals surface area contributed by atoms with Gasteiger partial charge in [-0.05, 0) is 48.7 Å². The van der Waals surface area contributed by atoms with Crippen LogP contribution in [0.5, 0.6) is 0 Å². The van der Waals surface area contributed by atoms with Crippen LogP contribution in [0.2, 0.25) is 0 Å². The van der Waals surface area contributed by atoms with Gasteiger partial charge in [-0.15, -0.1) is 0 Å². The van der Waals surface area contributed by atoms with Gasteiger partial charge in [-0.3, -0.25) is 15.0 Å². The van der Waals surface area contributed by atoms with Crippen molar-refractivity contribution < 1.29 is 19.5 Å². The number of ketones is 1. The molecule has 218 valence electrons. The summed E-state index contributed by atoms with van der Waals surface area (Å²) in [5, 5.41) is 24.0. The Balaban J connectivity index is 1.68. The lowest BCUT2D eigenvalue weighted by Crippen LogP contribution is -2.56. The molecule has 11 nitrogen and oxygen atoms in total. The third-order valence-corrected chi connectivity index (χ3v) is 6.93. The highest BCUT2D eigenvalue weighted by Crippen LogP contribution is 2.29. The van der Waals surface area contributed by atoms with E-state index in [1.54, 1.807) is 66.9 Å². The molecule has 3 aromatic carbocycles. The van der Waals surface area contributed by atoms with Crippen LogP contribution in [-0.2, 0) is 20.8 Å². The summed E-state index contributed by atoms with van der Waals surface area (Å²) in [5.41, 5.74) is 14.1. The number of anilines is 2. The number of carboxylic acid groups (broad SMARTS) is 1. The predicted molar refractivity (Wildman–Crippen MR) is 163 cm³/mol. The number of nitrogens with zero attached hydrogens (tertiary/aromatic N) is 1. The van der Waals surface area contributed by atoms with E-state index in [4.69, 9.17) is 16.9 Å². The zero-order chi connectivity index (χ0) is 30.1. The molecule has 0 spiro atoms. The van der Waals surface area contributed by atoms with Gasteiger partial charge in [0.05, 0.1) is 12.1 Å². The molecule has 0 radical (unpaired) electrons. The quantitative estimate of drug-likeness (QED) is 0.0522. The fourth-order valence-corrected chi connectivity index (χ4v) is 4.87. The number of aromatic nitrogens is 1. The van der Waals surface area contributed by atoms with Gasteiger partial charge in [-0.1, -0.05) is 54.6 Å². The Hall–Kier alpha value is -5.16. The van der Waals surface area contributed by atoms with Crippen LogP contribution in [-0.4, -0.2) is 58.4 Å². The summed E-state index contributed by atoms with van der Waals surface area (Å²) in [6.45, 7) is 0.359.